The fraction of sp³-hybridized carbons (Fsp3) is 0.625. The lowest BCUT2D eigenvalue weighted by Gasteiger charge is -2.33. The van der Waals surface area contributed by atoms with Crippen molar-refractivity contribution in [3.05, 3.63) is 35.9 Å². The standard InChI is InChI=1S/C16H26N2O2S/c1-2-13-18(16-8-11-17-12-9-16)21(19,20)14-10-15-6-4-3-5-7-15/h3-7,16-17H,2,8-14H2,1H3. The molecule has 2 rings (SSSR count). The minimum atomic E-state index is -3.18. The second kappa shape index (κ2) is 7.92. The van der Waals surface area contributed by atoms with Crippen LogP contribution in [0, 0.1) is 0 Å². The highest BCUT2D eigenvalue weighted by Gasteiger charge is 2.29. The van der Waals surface area contributed by atoms with Crippen LogP contribution in [0.25, 0.3) is 0 Å². The normalized spacial score (nSPS) is 17.2. The molecule has 0 bridgehead atoms. The Morgan fingerprint density at radius 1 is 1.19 bits per heavy atom. The number of sulfonamides is 1. The van der Waals surface area contributed by atoms with Gasteiger partial charge in [-0.1, -0.05) is 37.3 Å². The lowest BCUT2D eigenvalue weighted by atomic mass is 10.1. The maximum atomic E-state index is 12.7. The summed E-state index contributed by atoms with van der Waals surface area (Å²) in [6.07, 6.45) is 3.30. The third kappa shape index (κ3) is 4.80. The molecule has 21 heavy (non-hydrogen) atoms. The van der Waals surface area contributed by atoms with Gasteiger partial charge in [-0.05, 0) is 44.3 Å². The van der Waals surface area contributed by atoms with Crippen molar-refractivity contribution in [1.29, 1.82) is 0 Å². The topological polar surface area (TPSA) is 49.4 Å². The summed E-state index contributed by atoms with van der Waals surface area (Å²) in [5.74, 6) is 0.209. The van der Waals surface area contributed by atoms with Gasteiger partial charge in [0.05, 0.1) is 5.75 Å². The first-order valence-corrected chi connectivity index (χ1v) is 9.48. The van der Waals surface area contributed by atoms with E-state index < -0.39 is 10.0 Å². The molecule has 118 valence electrons. The van der Waals surface area contributed by atoms with Gasteiger partial charge in [0, 0.05) is 12.6 Å². The molecule has 1 N–H and O–H groups in total. The van der Waals surface area contributed by atoms with Gasteiger partial charge in [0.25, 0.3) is 0 Å². The summed E-state index contributed by atoms with van der Waals surface area (Å²) in [6, 6.07) is 10.0. The van der Waals surface area contributed by atoms with E-state index in [-0.39, 0.29) is 11.8 Å². The summed E-state index contributed by atoms with van der Waals surface area (Å²) < 4.78 is 27.2. The molecule has 0 spiro atoms. The van der Waals surface area contributed by atoms with Gasteiger partial charge in [0.15, 0.2) is 0 Å². The van der Waals surface area contributed by atoms with E-state index >= 15 is 0 Å². The fourth-order valence-corrected chi connectivity index (χ4v) is 4.73. The van der Waals surface area contributed by atoms with E-state index in [9.17, 15) is 8.42 Å². The second-order valence-corrected chi connectivity index (χ2v) is 7.68. The predicted molar refractivity (Wildman–Crippen MR) is 86.8 cm³/mol. The number of benzene rings is 1. The number of nitrogens with zero attached hydrogens (tertiary/aromatic N) is 1. The smallest absolute Gasteiger partial charge is 0.214 e. The van der Waals surface area contributed by atoms with Crippen LogP contribution in [-0.2, 0) is 16.4 Å². The van der Waals surface area contributed by atoms with Crippen LogP contribution in [0.2, 0.25) is 0 Å². The number of hydrogen-bond donors (Lipinski definition) is 1. The zero-order chi connectivity index (χ0) is 15.1. The van der Waals surface area contributed by atoms with Crippen molar-refractivity contribution in [2.24, 2.45) is 0 Å². The average molecular weight is 310 g/mol. The van der Waals surface area contributed by atoms with Gasteiger partial charge in [-0.15, -0.1) is 0 Å². The molecule has 1 aromatic rings. The van der Waals surface area contributed by atoms with E-state index in [4.69, 9.17) is 0 Å². The number of rotatable bonds is 7. The van der Waals surface area contributed by atoms with Crippen molar-refractivity contribution >= 4 is 10.0 Å². The Balaban J connectivity index is 2.02. The van der Waals surface area contributed by atoms with Gasteiger partial charge in [0.1, 0.15) is 0 Å². The molecule has 0 atom stereocenters. The molecular formula is C16H26N2O2S. The van der Waals surface area contributed by atoms with Crippen LogP contribution in [0.3, 0.4) is 0 Å². The Bertz CT molecular complexity index is 510. The van der Waals surface area contributed by atoms with Crippen molar-refractivity contribution in [2.45, 2.75) is 38.6 Å². The largest absolute Gasteiger partial charge is 0.317 e. The highest BCUT2D eigenvalue weighted by atomic mass is 32.2. The van der Waals surface area contributed by atoms with Crippen molar-refractivity contribution < 1.29 is 8.42 Å². The molecule has 1 aliphatic heterocycles. The number of nitrogens with one attached hydrogen (secondary N) is 1. The van der Waals surface area contributed by atoms with Gasteiger partial charge in [-0.25, -0.2) is 8.42 Å². The zero-order valence-corrected chi connectivity index (χ0v) is 13.6. The van der Waals surface area contributed by atoms with E-state index in [0.717, 1.165) is 37.9 Å². The quantitative estimate of drug-likeness (QED) is 0.838. The maximum Gasteiger partial charge on any atom is 0.214 e. The first-order valence-electron chi connectivity index (χ1n) is 7.87. The SMILES string of the molecule is CCCN(C1CCNCC1)S(=O)(=O)CCc1ccccc1. The molecule has 0 radical (unpaired) electrons. The number of aryl methyl sites for hydroxylation is 1. The fourth-order valence-electron chi connectivity index (χ4n) is 2.87. The summed E-state index contributed by atoms with van der Waals surface area (Å²) in [5, 5.41) is 3.30. The molecule has 0 saturated carbocycles. The average Bonchev–Trinajstić information content (AvgIpc) is 2.52. The first-order chi connectivity index (χ1) is 10.1. The molecule has 1 aromatic carbocycles. The Morgan fingerprint density at radius 2 is 1.86 bits per heavy atom. The molecule has 0 amide bonds. The first kappa shape index (κ1) is 16.5. The third-order valence-electron chi connectivity index (χ3n) is 4.01. The summed E-state index contributed by atoms with van der Waals surface area (Å²) in [6.45, 7) is 4.51. The molecule has 0 unspecified atom stereocenters. The van der Waals surface area contributed by atoms with Gasteiger partial charge in [-0.2, -0.15) is 4.31 Å². The summed E-state index contributed by atoms with van der Waals surface area (Å²) in [4.78, 5) is 0. The minimum Gasteiger partial charge on any atom is -0.317 e. The van der Waals surface area contributed by atoms with Gasteiger partial charge in [-0.3, -0.25) is 0 Å². The maximum absolute atomic E-state index is 12.7. The van der Waals surface area contributed by atoms with Crippen LogP contribution in [-0.4, -0.2) is 44.2 Å². The lowest BCUT2D eigenvalue weighted by molar-refractivity contribution is 0.262. The van der Waals surface area contributed by atoms with Crippen LogP contribution >= 0.6 is 0 Å². The van der Waals surface area contributed by atoms with E-state index in [2.05, 4.69) is 5.32 Å². The summed E-state index contributed by atoms with van der Waals surface area (Å²) in [5.41, 5.74) is 1.09. The van der Waals surface area contributed by atoms with Crippen molar-refractivity contribution in [3.63, 3.8) is 0 Å². The van der Waals surface area contributed by atoms with Crippen LogP contribution in [0.4, 0.5) is 0 Å². The molecule has 1 saturated heterocycles. The van der Waals surface area contributed by atoms with Gasteiger partial charge < -0.3 is 5.32 Å². The molecule has 0 aromatic heterocycles. The van der Waals surface area contributed by atoms with Crippen LogP contribution in [0.1, 0.15) is 31.7 Å². The third-order valence-corrected chi connectivity index (χ3v) is 5.92. The van der Waals surface area contributed by atoms with E-state index in [1.54, 1.807) is 4.31 Å². The summed E-state index contributed by atoms with van der Waals surface area (Å²) in [7, 11) is -3.18. The van der Waals surface area contributed by atoms with E-state index in [1.165, 1.54) is 0 Å². The molecule has 1 aliphatic rings. The Labute approximate surface area is 128 Å². The van der Waals surface area contributed by atoms with Crippen LogP contribution in [0.15, 0.2) is 30.3 Å². The molecule has 1 heterocycles. The van der Waals surface area contributed by atoms with E-state index in [0.29, 0.717) is 13.0 Å². The van der Waals surface area contributed by atoms with Crippen LogP contribution in [0.5, 0.6) is 0 Å². The van der Waals surface area contributed by atoms with Gasteiger partial charge >= 0.3 is 0 Å². The van der Waals surface area contributed by atoms with Crippen LogP contribution < -0.4 is 5.32 Å². The van der Waals surface area contributed by atoms with Crippen molar-refractivity contribution in [2.75, 3.05) is 25.4 Å². The van der Waals surface area contributed by atoms with Crippen molar-refractivity contribution in [3.8, 4) is 0 Å². The Hall–Kier alpha value is -0.910. The van der Waals surface area contributed by atoms with Gasteiger partial charge in [0.2, 0.25) is 10.0 Å². The highest BCUT2D eigenvalue weighted by Crippen LogP contribution is 2.18. The molecule has 4 nitrogen and oxygen atoms in total. The molecule has 1 fully saturated rings. The Morgan fingerprint density at radius 3 is 2.48 bits per heavy atom. The minimum absolute atomic E-state index is 0.173. The summed E-state index contributed by atoms with van der Waals surface area (Å²) >= 11 is 0. The zero-order valence-electron chi connectivity index (χ0n) is 12.8. The number of piperidine rings is 1. The molecular weight excluding hydrogens is 284 g/mol. The molecule has 5 heteroatoms. The van der Waals surface area contributed by atoms with Crippen molar-refractivity contribution in [1.82, 2.24) is 9.62 Å². The predicted octanol–water partition coefficient (Wildman–Crippen LogP) is 2.02. The Kier molecular flexibility index (Phi) is 6.21. The monoisotopic (exact) mass is 310 g/mol. The molecule has 0 aliphatic carbocycles. The highest BCUT2D eigenvalue weighted by molar-refractivity contribution is 7.89. The van der Waals surface area contributed by atoms with E-state index in [1.807, 2.05) is 37.3 Å². The number of hydrogen-bond acceptors (Lipinski definition) is 3. The lowest BCUT2D eigenvalue weighted by Crippen LogP contribution is -2.47. The second-order valence-electron chi connectivity index (χ2n) is 5.64.